The lowest BCUT2D eigenvalue weighted by Crippen LogP contribution is -2.43. The van der Waals surface area contributed by atoms with E-state index >= 15 is 0 Å². The van der Waals surface area contributed by atoms with Gasteiger partial charge in [0.15, 0.2) is 0 Å². The summed E-state index contributed by atoms with van der Waals surface area (Å²) in [7, 11) is 1.78. The van der Waals surface area contributed by atoms with Crippen LogP contribution in [0, 0.1) is 5.92 Å². The van der Waals surface area contributed by atoms with Gasteiger partial charge in [-0.15, -0.1) is 0 Å². The summed E-state index contributed by atoms with van der Waals surface area (Å²) in [6, 6.07) is 0. The van der Waals surface area contributed by atoms with Gasteiger partial charge < -0.3 is 15.3 Å². The molecule has 0 spiro atoms. The summed E-state index contributed by atoms with van der Waals surface area (Å²) < 4.78 is 0. The Hall–Kier alpha value is -0.610. The van der Waals surface area contributed by atoms with Gasteiger partial charge in [0.05, 0.1) is 12.6 Å². The first-order valence-corrected chi connectivity index (χ1v) is 5.25. The molecule has 82 valence electrons. The van der Waals surface area contributed by atoms with Crippen LogP contribution in [0.25, 0.3) is 0 Å². The quantitative estimate of drug-likeness (QED) is 0.665. The maximum Gasteiger partial charge on any atom is 0.236 e. The van der Waals surface area contributed by atoms with Crippen molar-refractivity contribution in [2.24, 2.45) is 5.92 Å². The van der Waals surface area contributed by atoms with E-state index < -0.39 is 0 Å². The Kier molecular flexibility index (Phi) is 4.35. The minimum Gasteiger partial charge on any atom is -0.393 e. The van der Waals surface area contributed by atoms with E-state index in [1.165, 1.54) is 0 Å². The molecular weight excluding hydrogens is 180 g/mol. The summed E-state index contributed by atoms with van der Waals surface area (Å²) in [5, 5.41) is 12.2. The highest BCUT2D eigenvalue weighted by atomic mass is 16.3. The second-order valence-electron chi connectivity index (χ2n) is 3.99. The number of aliphatic hydroxyl groups excluding tert-OH is 1. The van der Waals surface area contributed by atoms with Gasteiger partial charge in [0.2, 0.25) is 5.91 Å². The van der Waals surface area contributed by atoms with Gasteiger partial charge in [-0.05, 0) is 32.7 Å². The molecule has 1 heterocycles. The number of rotatable bonds is 3. The van der Waals surface area contributed by atoms with Gasteiger partial charge in [0, 0.05) is 13.1 Å². The van der Waals surface area contributed by atoms with Gasteiger partial charge >= 0.3 is 0 Å². The molecule has 1 saturated heterocycles. The van der Waals surface area contributed by atoms with Crippen molar-refractivity contribution in [1.82, 2.24) is 10.2 Å². The molecule has 1 fully saturated rings. The Balaban J connectivity index is 2.31. The molecule has 1 aliphatic rings. The van der Waals surface area contributed by atoms with Crippen LogP contribution in [0.2, 0.25) is 0 Å². The van der Waals surface area contributed by atoms with Crippen molar-refractivity contribution in [3.63, 3.8) is 0 Å². The Labute approximate surface area is 85.3 Å². The number of carbonyl (C=O) groups is 1. The van der Waals surface area contributed by atoms with Gasteiger partial charge in [0.25, 0.3) is 0 Å². The van der Waals surface area contributed by atoms with E-state index in [4.69, 9.17) is 0 Å². The van der Waals surface area contributed by atoms with Crippen LogP contribution in [0.1, 0.15) is 19.8 Å². The summed E-state index contributed by atoms with van der Waals surface area (Å²) in [4.78, 5) is 13.3. The largest absolute Gasteiger partial charge is 0.393 e. The Morgan fingerprint density at radius 2 is 2.14 bits per heavy atom. The molecule has 1 amide bonds. The fourth-order valence-electron chi connectivity index (χ4n) is 1.89. The number of aliphatic hydroxyl groups is 1. The molecule has 1 aliphatic heterocycles. The molecule has 0 aromatic rings. The van der Waals surface area contributed by atoms with Crippen LogP contribution in [-0.2, 0) is 4.79 Å². The summed E-state index contributed by atoms with van der Waals surface area (Å²) in [6.45, 7) is 3.82. The maximum atomic E-state index is 11.5. The second kappa shape index (κ2) is 5.32. The summed E-state index contributed by atoms with van der Waals surface area (Å²) in [5.74, 6) is 0.533. The number of likely N-dealkylation sites (tertiary alicyclic amines) is 1. The summed E-state index contributed by atoms with van der Waals surface area (Å²) in [5.41, 5.74) is 0. The normalized spacial score (nSPS) is 20.9. The Morgan fingerprint density at radius 3 is 2.57 bits per heavy atom. The van der Waals surface area contributed by atoms with Crippen molar-refractivity contribution >= 4 is 5.91 Å². The van der Waals surface area contributed by atoms with Crippen molar-refractivity contribution < 1.29 is 9.90 Å². The fourth-order valence-corrected chi connectivity index (χ4v) is 1.89. The summed E-state index contributed by atoms with van der Waals surface area (Å²) >= 11 is 0. The first-order valence-electron chi connectivity index (χ1n) is 5.25. The second-order valence-corrected chi connectivity index (χ2v) is 3.99. The van der Waals surface area contributed by atoms with Gasteiger partial charge in [-0.2, -0.15) is 0 Å². The minimum absolute atomic E-state index is 0.163. The predicted octanol–water partition coefficient (Wildman–Crippen LogP) is -0.175. The van der Waals surface area contributed by atoms with Crippen LogP contribution in [-0.4, -0.2) is 48.7 Å². The number of nitrogens with one attached hydrogen (secondary N) is 1. The van der Waals surface area contributed by atoms with Gasteiger partial charge in [0.1, 0.15) is 0 Å². The monoisotopic (exact) mass is 200 g/mol. The first kappa shape index (κ1) is 11.5. The molecule has 4 nitrogen and oxygen atoms in total. The van der Waals surface area contributed by atoms with E-state index in [1.54, 1.807) is 7.05 Å². The number of hydrogen-bond donors (Lipinski definition) is 2. The topological polar surface area (TPSA) is 52.6 Å². The van der Waals surface area contributed by atoms with Crippen molar-refractivity contribution in [2.45, 2.75) is 25.9 Å². The highest BCUT2D eigenvalue weighted by Gasteiger charge is 2.24. The average Bonchev–Trinajstić information content (AvgIpc) is 2.18. The third kappa shape index (κ3) is 2.96. The lowest BCUT2D eigenvalue weighted by Gasteiger charge is -2.33. The van der Waals surface area contributed by atoms with Crippen molar-refractivity contribution in [3.05, 3.63) is 0 Å². The highest BCUT2D eigenvalue weighted by Crippen LogP contribution is 2.20. The number of hydrogen-bond acceptors (Lipinski definition) is 3. The van der Waals surface area contributed by atoms with Crippen LogP contribution in [0.5, 0.6) is 0 Å². The smallest absolute Gasteiger partial charge is 0.236 e. The number of piperidine rings is 1. The molecule has 1 atom stereocenters. The lowest BCUT2D eigenvalue weighted by molar-refractivity contribution is -0.132. The zero-order valence-corrected chi connectivity index (χ0v) is 8.99. The van der Waals surface area contributed by atoms with Gasteiger partial charge in [-0.3, -0.25) is 4.79 Å². The minimum atomic E-state index is -0.239. The van der Waals surface area contributed by atoms with Gasteiger partial charge in [-0.1, -0.05) is 0 Å². The van der Waals surface area contributed by atoms with Crippen LogP contribution < -0.4 is 5.32 Å². The van der Waals surface area contributed by atoms with Crippen molar-refractivity contribution in [3.8, 4) is 0 Å². The van der Waals surface area contributed by atoms with Crippen LogP contribution in [0.4, 0.5) is 0 Å². The van der Waals surface area contributed by atoms with E-state index in [0.29, 0.717) is 12.5 Å². The molecule has 0 aliphatic carbocycles. The number of amides is 1. The van der Waals surface area contributed by atoms with Crippen molar-refractivity contribution in [2.75, 3.05) is 26.7 Å². The molecule has 0 saturated carbocycles. The van der Waals surface area contributed by atoms with Crippen molar-refractivity contribution in [1.29, 1.82) is 0 Å². The molecule has 14 heavy (non-hydrogen) atoms. The van der Waals surface area contributed by atoms with E-state index in [0.717, 1.165) is 25.9 Å². The molecule has 0 aromatic carbocycles. The molecule has 4 heteroatoms. The van der Waals surface area contributed by atoms with E-state index in [9.17, 15) is 9.90 Å². The Bertz CT molecular complexity index is 187. The van der Waals surface area contributed by atoms with Crippen LogP contribution in [0.15, 0.2) is 0 Å². The number of carbonyl (C=O) groups excluding carboxylic acids is 1. The third-order valence-electron chi connectivity index (χ3n) is 2.90. The zero-order chi connectivity index (χ0) is 10.6. The van der Waals surface area contributed by atoms with E-state index in [1.807, 2.05) is 11.8 Å². The number of likely N-dealkylation sites (N-methyl/N-ethyl adjacent to an activating group) is 1. The molecule has 1 rings (SSSR count). The standard InChI is InChI=1S/C10H20N2O2/c1-8(13)9-3-5-12(6-4-9)10(14)7-11-2/h8-9,11,13H,3-7H2,1-2H3/t8-/m0/s1. The molecule has 0 unspecified atom stereocenters. The van der Waals surface area contributed by atoms with E-state index in [2.05, 4.69) is 5.32 Å². The molecule has 2 N–H and O–H groups in total. The van der Waals surface area contributed by atoms with Crippen LogP contribution in [0.3, 0.4) is 0 Å². The zero-order valence-electron chi connectivity index (χ0n) is 8.99. The summed E-state index contributed by atoms with van der Waals surface area (Å²) in [6.07, 6.45) is 1.61. The fraction of sp³-hybridized carbons (Fsp3) is 0.900. The molecule has 0 aromatic heterocycles. The van der Waals surface area contributed by atoms with E-state index in [-0.39, 0.29) is 12.0 Å². The number of nitrogens with zero attached hydrogens (tertiary/aromatic N) is 1. The molecule has 0 bridgehead atoms. The molecule has 0 radical (unpaired) electrons. The third-order valence-corrected chi connectivity index (χ3v) is 2.90. The lowest BCUT2D eigenvalue weighted by atomic mass is 9.92. The first-order chi connectivity index (χ1) is 6.65. The Morgan fingerprint density at radius 1 is 1.57 bits per heavy atom. The SMILES string of the molecule is CNCC(=O)N1CCC([C@H](C)O)CC1. The van der Waals surface area contributed by atoms with Gasteiger partial charge in [-0.25, -0.2) is 0 Å². The van der Waals surface area contributed by atoms with Crippen LogP contribution >= 0.6 is 0 Å². The predicted molar refractivity (Wildman–Crippen MR) is 54.9 cm³/mol. The maximum absolute atomic E-state index is 11.5. The molecular formula is C10H20N2O2. The highest BCUT2D eigenvalue weighted by molar-refractivity contribution is 5.78. The average molecular weight is 200 g/mol.